The topological polar surface area (TPSA) is 26.0 Å². The summed E-state index contributed by atoms with van der Waals surface area (Å²) in [7, 11) is 0. The Kier molecular flexibility index (Phi) is 1.46. The minimum Gasteiger partial charge on any atom is -0.325 e. The van der Waals surface area contributed by atoms with Crippen LogP contribution >= 0.6 is 11.6 Å². The van der Waals surface area contributed by atoms with E-state index in [1.165, 1.54) is 11.1 Å². The van der Waals surface area contributed by atoms with Gasteiger partial charge >= 0.3 is 0 Å². The van der Waals surface area contributed by atoms with Crippen molar-refractivity contribution in [3.8, 4) is 0 Å². The molecule has 1 nitrogen and oxygen atoms in total. The fraction of sp³-hybridized carbons (Fsp3) is 0.500. The molecule has 3 saturated carbocycles. The van der Waals surface area contributed by atoms with E-state index in [1.54, 1.807) is 0 Å². The molecule has 3 fully saturated rings. The summed E-state index contributed by atoms with van der Waals surface area (Å²) in [6.07, 6.45) is 3.46. The molecule has 0 radical (unpaired) electrons. The van der Waals surface area contributed by atoms with Crippen LogP contribution in [0.25, 0.3) is 0 Å². The zero-order chi connectivity index (χ0) is 9.97. The number of nitrogens with two attached hydrogens (primary N) is 1. The molecule has 0 aliphatic heterocycles. The van der Waals surface area contributed by atoms with Gasteiger partial charge in [0.25, 0.3) is 0 Å². The van der Waals surface area contributed by atoms with Gasteiger partial charge in [-0.2, -0.15) is 0 Å². The molecule has 0 atom stereocenters. The van der Waals surface area contributed by atoms with Gasteiger partial charge in [0.2, 0.25) is 0 Å². The highest BCUT2D eigenvalue weighted by Gasteiger charge is 2.66. The molecule has 3 aliphatic rings. The van der Waals surface area contributed by atoms with Gasteiger partial charge in [-0.15, -0.1) is 0 Å². The van der Waals surface area contributed by atoms with Crippen molar-refractivity contribution in [1.29, 1.82) is 0 Å². The maximum Gasteiger partial charge on any atom is 0.0438 e. The first-order chi connectivity index (χ1) is 6.55. The largest absolute Gasteiger partial charge is 0.325 e. The molecule has 0 heterocycles. The van der Waals surface area contributed by atoms with E-state index in [0.717, 1.165) is 24.3 Å². The normalized spacial score (nSPS) is 38.8. The van der Waals surface area contributed by atoms with Crippen LogP contribution in [-0.4, -0.2) is 5.54 Å². The Bertz CT molecular complexity index is 391. The lowest BCUT2D eigenvalue weighted by Gasteiger charge is -2.69. The molecule has 0 unspecified atom stereocenters. The summed E-state index contributed by atoms with van der Waals surface area (Å²) < 4.78 is 0. The van der Waals surface area contributed by atoms with Crippen LogP contribution in [0, 0.1) is 6.92 Å². The number of hydrogen-bond acceptors (Lipinski definition) is 1. The summed E-state index contributed by atoms with van der Waals surface area (Å²) in [5, 5.41) is 0.887. The van der Waals surface area contributed by atoms with E-state index in [4.69, 9.17) is 17.3 Å². The summed E-state index contributed by atoms with van der Waals surface area (Å²) in [4.78, 5) is 0. The summed E-state index contributed by atoms with van der Waals surface area (Å²) in [5.74, 6) is 0. The number of halogens is 1. The third-order valence-electron chi connectivity index (χ3n) is 3.91. The minimum atomic E-state index is 0.175. The van der Waals surface area contributed by atoms with Crippen LogP contribution < -0.4 is 5.73 Å². The molecule has 14 heavy (non-hydrogen) atoms. The Morgan fingerprint density at radius 1 is 1.29 bits per heavy atom. The van der Waals surface area contributed by atoms with Crippen molar-refractivity contribution >= 4 is 11.6 Å². The zero-order valence-corrected chi connectivity index (χ0v) is 9.06. The highest BCUT2D eigenvalue weighted by molar-refractivity contribution is 6.31. The Morgan fingerprint density at radius 2 is 1.93 bits per heavy atom. The van der Waals surface area contributed by atoms with Gasteiger partial charge in [0.1, 0.15) is 0 Å². The lowest BCUT2D eigenvalue weighted by Crippen LogP contribution is -2.74. The third kappa shape index (κ3) is 0.896. The maximum atomic E-state index is 6.12. The van der Waals surface area contributed by atoms with Crippen molar-refractivity contribution in [1.82, 2.24) is 0 Å². The van der Waals surface area contributed by atoms with Crippen LogP contribution in [0.5, 0.6) is 0 Å². The lowest BCUT2D eigenvalue weighted by atomic mass is 9.37. The average molecular weight is 208 g/mol. The Labute approximate surface area is 89.3 Å². The second-order valence-corrected chi connectivity index (χ2v) is 5.49. The third-order valence-corrected chi connectivity index (χ3v) is 4.32. The summed E-state index contributed by atoms with van der Waals surface area (Å²) >= 11 is 6.12. The van der Waals surface area contributed by atoms with Gasteiger partial charge in [0, 0.05) is 16.0 Å². The van der Waals surface area contributed by atoms with Gasteiger partial charge < -0.3 is 5.73 Å². The first-order valence-corrected chi connectivity index (χ1v) is 5.47. The molecular weight excluding hydrogens is 194 g/mol. The molecule has 2 bridgehead atoms. The van der Waals surface area contributed by atoms with E-state index < -0.39 is 0 Å². The second-order valence-electron chi connectivity index (χ2n) is 5.09. The van der Waals surface area contributed by atoms with Crippen molar-refractivity contribution in [2.75, 3.05) is 0 Å². The van der Waals surface area contributed by atoms with Crippen molar-refractivity contribution < 1.29 is 0 Å². The van der Waals surface area contributed by atoms with E-state index in [2.05, 4.69) is 13.0 Å². The SMILES string of the molecule is Cc1c(Cl)cccc1C12CC(N)(C1)C2. The average Bonchev–Trinajstić information content (AvgIpc) is 2.03. The van der Waals surface area contributed by atoms with E-state index >= 15 is 0 Å². The predicted molar refractivity (Wildman–Crippen MR) is 58.6 cm³/mol. The van der Waals surface area contributed by atoms with E-state index in [1.807, 2.05) is 12.1 Å². The number of rotatable bonds is 1. The molecule has 2 heteroatoms. The standard InChI is InChI=1S/C12H14ClN/c1-8-9(3-2-4-10(8)13)11-5-12(14,6-11)7-11/h2-4H,5-7,14H2,1H3. The highest BCUT2D eigenvalue weighted by atomic mass is 35.5. The van der Waals surface area contributed by atoms with Gasteiger partial charge in [-0.3, -0.25) is 0 Å². The van der Waals surface area contributed by atoms with E-state index in [0.29, 0.717) is 5.41 Å². The first kappa shape index (κ1) is 8.75. The Balaban J connectivity index is 2.02. The summed E-state index contributed by atoms with van der Waals surface area (Å²) in [5.41, 5.74) is 9.31. The Morgan fingerprint density at radius 3 is 2.50 bits per heavy atom. The molecule has 4 rings (SSSR count). The predicted octanol–water partition coefficient (Wildman–Crippen LogP) is 2.78. The van der Waals surface area contributed by atoms with Crippen LogP contribution in [0.15, 0.2) is 18.2 Å². The molecule has 0 amide bonds. The minimum absolute atomic E-state index is 0.175. The van der Waals surface area contributed by atoms with Crippen molar-refractivity contribution in [2.45, 2.75) is 37.1 Å². The van der Waals surface area contributed by atoms with Gasteiger partial charge in [-0.1, -0.05) is 23.7 Å². The van der Waals surface area contributed by atoms with Crippen LogP contribution in [0.4, 0.5) is 0 Å². The molecular formula is C12H14ClN. The summed E-state index contributed by atoms with van der Waals surface area (Å²) in [6.45, 7) is 2.11. The van der Waals surface area contributed by atoms with E-state index in [9.17, 15) is 0 Å². The molecule has 1 aromatic carbocycles. The molecule has 0 aromatic heterocycles. The molecule has 1 aromatic rings. The zero-order valence-electron chi connectivity index (χ0n) is 8.31. The van der Waals surface area contributed by atoms with E-state index in [-0.39, 0.29) is 5.54 Å². The molecule has 3 aliphatic carbocycles. The van der Waals surface area contributed by atoms with Crippen LogP contribution in [-0.2, 0) is 5.41 Å². The smallest absolute Gasteiger partial charge is 0.0438 e. The highest BCUT2D eigenvalue weighted by Crippen LogP contribution is 2.67. The van der Waals surface area contributed by atoms with Crippen molar-refractivity contribution in [3.63, 3.8) is 0 Å². The fourth-order valence-electron chi connectivity index (χ4n) is 3.33. The number of benzene rings is 1. The van der Waals surface area contributed by atoms with Crippen LogP contribution in [0.2, 0.25) is 5.02 Å². The Hall–Kier alpha value is -0.530. The monoisotopic (exact) mass is 207 g/mol. The lowest BCUT2D eigenvalue weighted by molar-refractivity contribution is -0.0593. The number of hydrogen-bond donors (Lipinski definition) is 1. The van der Waals surface area contributed by atoms with Crippen molar-refractivity contribution in [2.24, 2.45) is 5.73 Å². The quantitative estimate of drug-likeness (QED) is 0.753. The van der Waals surface area contributed by atoms with Gasteiger partial charge in [0.05, 0.1) is 0 Å². The van der Waals surface area contributed by atoms with Crippen LogP contribution in [0.3, 0.4) is 0 Å². The molecule has 0 saturated heterocycles. The fourth-order valence-corrected chi connectivity index (χ4v) is 3.51. The molecule has 74 valence electrons. The van der Waals surface area contributed by atoms with Crippen molar-refractivity contribution in [3.05, 3.63) is 34.3 Å². The first-order valence-electron chi connectivity index (χ1n) is 5.09. The van der Waals surface area contributed by atoms with Gasteiger partial charge in [-0.05, 0) is 43.4 Å². The molecule has 0 spiro atoms. The molecule has 2 N–H and O–H groups in total. The summed E-state index contributed by atoms with van der Waals surface area (Å²) in [6, 6.07) is 6.22. The van der Waals surface area contributed by atoms with Gasteiger partial charge in [0.15, 0.2) is 0 Å². The van der Waals surface area contributed by atoms with Gasteiger partial charge in [-0.25, -0.2) is 0 Å². The van der Waals surface area contributed by atoms with Crippen LogP contribution in [0.1, 0.15) is 30.4 Å². The second kappa shape index (κ2) is 2.34. The maximum absolute atomic E-state index is 6.12.